The van der Waals surface area contributed by atoms with Crippen LogP contribution in [-0.2, 0) is 11.2 Å². The van der Waals surface area contributed by atoms with E-state index in [0.29, 0.717) is 6.42 Å². The van der Waals surface area contributed by atoms with Crippen molar-refractivity contribution in [2.75, 3.05) is 6.61 Å². The van der Waals surface area contributed by atoms with Crippen LogP contribution in [0.25, 0.3) is 0 Å². The number of aliphatic hydroxyl groups excluding tert-OH is 1. The lowest BCUT2D eigenvalue weighted by Crippen LogP contribution is -1.83. The molecule has 0 radical (unpaired) electrons. The van der Waals surface area contributed by atoms with Crippen LogP contribution in [0.2, 0.25) is 0 Å². The maximum atomic E-state index is 9.98. The van der Waals surface area contributed by atoms with Crippen molar-refractivity contribution in [2.24, 2.45) is 0 Å². The summed E-state index contributed by atoms with van der Waals surface area (Å²) in [6, 6.07) is 10.0. The maximum Gasteiger partial charge on any atom is 0.120 e. The lowest BCUT2D eigenvalue weighted by Gasteiger charge is -1.93. The molecule has 1 N–H and O–H groups in total. The number of carbonyl (C=O) groups is 1. The predicted molar refractivity (Wildman–Crippen MR) is 53.6 cm³/mol. The van der Waals surface area contributed by atoms with Crippen LogP contribution in [0.4, 0.5) is 0 Å². The Morgan fingerprint density at radius 1 is 1.31 bits per heavy atom. The van der Waals surface area contributed by atoms with Crippen molar-refractivity contribution in [3.63, 3.8) is 0 Å². The number of hydrogen-bond donors (Lipinski definition) is 1. The van der Waals surface area contributed by atoms with Gasteiger partial charge in [-0.1, -0.05) is 30.3 Å². The highest BCUT2D eigenvalue weighted by atomic mass is 16.2. The first kappa shape index (κ1) is 11.8. The Morgan fingerprint density at radius 2 is 1.85 bits per heavy atom. The summed E-state index contributed by atoms with van der Waals surface area (Å²) in [6.45, 7) is 1.93. The van der Waals surface area contributed by atoms with Crippen molar-refractivity contribution < 1.29 is 9.90 Å². The molecule has 1 rings (SSSR count). The molecule has 0 amide bonds. The summed E-state index contributed by atoms with van der Waals surface area (Å²) in [7, 11) is 0. The number of hydrogen-bond acceptors (Lipinski definition) is 2. The van der Waals surface area contributed by atoms with Crippen LogP contribution >= 0.6 is 0 Å². The zero-order valence-electron chi connectivity index (χ0n) is 7.94. The van der Waals surface area contributed by atoms with Gasteiger partial charge in [0, 0.05) is 13.0 Å². The summed E-state index contributed by atoms with van der Waals surface area (Å²) in [6.07, 6.45) is 2.45. The molecule has 0 aliphatic carbocycles. The van der Waals surface area contributed by atoms with Gasteiger partial charge in [-0.25, -0.2) is 0 Å². The molecule has 2 nitrogen and oxygen atoms in total. The van der Waals surface area contributed by atoms with Gasteiger partial charge < -0.3 is 9.90 Å². The Balaban J connectivity index is 0.000000424. The summed E-state index contributed by atoms with van der Waals surface area (Å²) >= 11 is 0. The van der Waals surface area contributed by atoms with Gasteiger partial charge in [-0.15, -0.1) is 0 Å². The molecule has 0 atom stereocenters. The molecule has 0 aliphatic rings. The van der Waals surface area contributed by atoms with Crippen molar-refractivity contribution in [1.29, 1.82) is 0 Å². The molecule has 0 aromatic heterocycles. The van der Waals surface area contributed by atoms with E-state index < -0.39 is 0 Å². The average molecular weight is 180 g/mol. The molecule has 0 spiro atoms. The van der Waals surface area contributed by atoms with Crippen molar-refractivity contribution in [3.8, 4) is 0 Å². The first-order chi connectivity index (χ1) is 6.35. The molecule has 0 aliphatic heterocycles. The average Bonchev–Trinajstić information content (AvgIpc) is 2.18. The SMILES string of the molecule is CCO.O=CCCc1ccccc1. The van der Waals surface area contributed by atoms with Gasteiger partial charge in [0.2, 0.25) is 0 Å². The smallest absolute Gasteiger partial charge is 0.120 e. The van der Waals surface area contributed by atoms with E-state index in [0.717, 1.165) is 12.7 Å². The van der Waals surface area contributed by atoms with E-state index in [2.05, 4.69) is 0 Å². The number of carbonyl (C=O) groups excluding carboxylic acids is 1. The van der Waals surface area contributed by atoms with Crippen LogP contribution in [0, 0.1) is 0 Å². The molecule has 0 bridgehead atoms. The first-order valence-electron chi connectivity index (χ1n) is 4.43. The summed E-state index contributed by atoms with van der Waals surface area (Å²) in [5.41, 5.74) is 1.23. The van der Waals surface area contributed by atoms with Crippen molar-refractivity contribution in [1.82, 2.24) is 0 Å². The van der Waals surface area contributed by atoms with E-state index in [1.165, 1.54) is 5.56 Å². The van der Waals surface area contributed by atoms with Gasteiger partial charge in [0.05, 0.1) is 0 Å². The normalized spacial score (nSPS) is 8.46. The standard InChI is InChI=1S/C9H10O.C2H6O/c10-8-4-7-9-5-2-1-3-6-9;1-2-3/h1-3,5-6,8H,4,7H2;3H,2H2,1H3. The molecule has 0 saturated heterocycles. The third-order valence-electron chi connectivity index (χ3n) is 1.39. The van der Waals surface area contributed by atoms with Crippen LogP contribution in [-0.4, -0.2) is 18.0 Å². The van der Waals surface area contributed by atoms with Crippen LogP contribution in [0.1, 0.15) is 18.9 Å². The number of aryl methyl sites for hydroxylation is 1. The van der Waals surface area contributed by atoms with Gasteiger partial charge in [-0.3, -0.25) is 0 Å². The summed E-state index contributed by atoms with van der Waals surface area (Å²) in [5, 5.41) is 7.57. The van der Waals surface area contributed by atoms with Crippen LogP contribution in [0.3, 0.4) is 0 Å². The van der Waals surface area contributed by atoms with E-state index in [1.54, 1.807) is 6.92 Å². The molecule has 1 aromatic carbocycles. The Bertz CT molecular complexity index is 207. The fourth-order valence-corrected chi connectivity index (χ4v) is 0.870. The van der Waals surface area contributed by atoms with Crippen molar-refractivity contribution >= 4 is 6.29 Å². The van der Waals surface area contributed by atoms with Gasteiger partial charge >= 0.3 is 0 Å². The molecule has 13 heavy (non-hydrogen) atoms. The maximum absolute atomic E-state index is 9.98. The third kappa shape index (κ3) is 7.22. The molecule has 1 aromatic rings. The zero-order valence-corrected chi connectivity index (χ0v) is 7.94. The minimum Gasteiger partial charge on any atom is -0.397 e. The van der Waals surface area contributed by atoms with Crippen LogP contribution in [0.15, 0.2) is 30.3 Å². The Labute approximate surface area is 79.2 Å². The third-order valence-corrected chi connectivity index (χ3v) is 1.39. The predicted octanol–water partition coefficient (Wildman–Crippen LogP) is 1.82. The topological polar surface area (TPSA) is 37.3 Å². The molecule has 2 heteroatoms. The molecule has 72 valence electrons. The number of aldehydes is 1. The molecular weight excluding hydrogens is 164 g/mol. The monoisotopic (exact) mass is 180 g/mol. The second-order valence-corrected chi connectivity index (χ2v) is 2.51. The van der Waals surface area contributed by atoms with E-state index in [4.69, 9.17) is 5.11 Å². The lowest BCUT2D eigenvalue weighted by atomic mass is 10.1. The molecular formula is C11H16O2. The fraction of sp³-hybridized carbons (Fsp3) is 0.364. The van der Waals surface area contributed by atoms with Gasteiger partial charge in [-0.05, 0) is 18.9 Å². The quantitative estimate of drug-likeness (QED) is 0.720. The summed E-state index contributed by atoms with van der Waals surface area (Å²) < 4.78 is 0. The molecule has 0 heterocycles. The van der Waals surface area contributed by atoms with Gasteiger partial charge in [0.15, 0.2) is 0 Å². The molecule has 0 fully saturated rings. The minimum atomic E-state index is 0.250. The molecule has 0 saturated carbocycles. The van der Waals surface area contributed by atoms with Crippen LogP contribution in [0.5, 0.6) is 0 Å². The van der Waals surface area contributed by atoms with Crippen molar-refractivity contribution in [2.45, 2.75) is 19.8 Å². The highest BCUT2D eigenvalue weighted by molar-refractivity contribution is 5.49. The number of benzene rings is 1. The second-order valence-electron chi connectivity index (χ2n) is 2.51. The van der Waals surface area contributed by atoms with Gasteiger partial charge in [0.1, 0.15) is 6.29 Å². The second kappa shape index (κ2) is 8.94. The first-order valence-corrected chi connectivity index (χ1v) is 4.43. The molecule has 0 unspecified atom stereocenters. The highest BCUT2D eigenvalue weighted by Gasteiger charge is 1.87. The van der Waals surface area contributed by atoms with Crippen LogP contribution < -0.4 is 0 Å². The van der Waals surface area contributed by atoms with Gasteiger partial charge in [0.25, 0.3) is 0 Å². The Hall–Kier alpha value is -1.15. The van der Waals surface area contributed by atoms with E-state index in [1.807, 2.05) is 30.3 Å². The highest BCUT2D eigenvalue weighted by Crippen LogP contribution is 1.99. The Kier molecular flexibility index (Phi) is 8.15. The van der Waals surface area contributed by atoms with Gasteiger partial charge in [-0.2, -0.15) is 0 Å². The largest absolute Gasteiger partial charge is 0.397 e. The summed E-state index contributed by atoms with van der Waals surface area (Å²) in [5.74, 6) is 0. The number of aliphatic hydroxyl groups is 1. The van der Waals surface area contributed by atoms with E-state index in [-0.39, 0.29) is 6.61 Å². The minimum absolute atomic E-state index is 0.250. The van der Waals surface area contributed by atoms with Crippen molar-refractivity contribution in [3.05, 3.63) is 35.9 Å². The van der Waals surface area contributed by atoms with E-state index >= 15 is 0 Å². The number of rotatable bonds is 3. The Morgan fingerprint density at radius 3 is 2.31 bits per heavy atom. The zero-order chi connectivity index (χ0) is 9.94. The fourth-order valence-electron chi connectivity index (χ4n) is 0.870. The summed E-state index contributed by atoms with van der Waals surface area (Å²) in [4.78, 5) is 9.98. The van der Waals surface area contributed by atoms with E-state index in [9.17, 15) is 4.79 Å². The lowest BCUT2D eigenvalue weighted by molar-refractivity contribution is -0.107.